The van der Waals surface area contributed by atoms with E-state index in [0.717, 1.165) is 6.42 Å². The van der Waals surface area contributed by atoms with E-state index in [9.17, 15) is 4.79 Å². The van der Waals surface area contributed by atoms with Crippen molar-refractivity contribution in [3.63, 3.8) is 0 Å². The van der Waals surface area contributed by atoms with Crippen LogP contribution in [0.25, 0.3) is 10.8 Å². The van der Waals surface area contributed by atoms with Crippen molar-refractivity contribution in [1.82, 2.24) is 0 Å². The number of rotatable bonds is 10. The van der Waals surface area contributed by atoms with Gasteiger partial charge in [-0.2, -0.15) is 0 Å². The minimum absolute atomic E-state index is 0. The maximum Gasteiger partial charge on any atom is 1.00 e. The van der Waals surface area contributed by atoms with Crippen molar-refractivity contribution < 1.29 is 61.3 Å². The summed E-state index contributed by atoms with van der Waals surface area (Å²) < 4.78 is 0. The molecule has 2 aromatic carbocycles. The van der Waals surface area contributed by atoms with Gasteiger partial charge in [0.25, 0.3) is 0 Å². The number of fused-ring (bicyclic) bond motifs is 1. The van der Waals surface area contributed by atoms with E-state index in [1.54, 1.807) is 0 Å². The first-order valence-electron chi connectivity index (χ1n) is 9.79. The van der Waals surface area contributed by atoms with Crippen LogP contribution in [-0.4, -0.2) is 11.1 Å². The molecule has 0 unspecified atom stereocenters. The van der Waals surface area contributed by atoms with Crippen LogP contribution in [0.3, 0.4) is 0 Å². The second-order valence-corrected chi connectivity index (χ2v) is 6.59. The molecule has 0 amide bonds. The molecule has 0 aliphatic rings. The van der Waals surface area contributed by atoms with Gasteiger partial charge in [-0.3, -0.25) is 4.79 Å². The quantitative estimate of drug-likeness (QED) is 0.387. The molecule has 2 rings (SSSR count). The SMILES string of the molecule is CCCC(=O)O.CCCCCCCCCc1[c-]c2ccccc2cc1.[K+]. The van der Waals surface area contributed by atoms with Crippen LogP contribution in [0, 0.1) is 6.07 Å². The minimum atomic E-state index is -0.711. The maximum absolute atomic E-state index is 9.60. The molecule has 2 nitrogen and oxygen atoms in total. The Morgan fingerprint density at radius 2 is 1.54 bits per heavy atom. The van der Waals surface area contributed by atoms with Crippen molar-refractivity contribution in [1.29, 1.82) is 0 Å². The van der Waals surface area contributed by atoms with E-state index in [2.05, 4.69) is 49.4 Å². The molecule has 0 bridgehead atoms. The number of benzene rings is 2. The third-order valence-corrected chi connectivity index (χ3v) is 4.23. The molecule has 0 saturated carbocycles. The summed E-state index contributed by atoms with van der Waals surface area (Å²) in [4.78, 5) is 9.60. The maximum atomic E-state index is 9.60. The summed E-state index contributed by atoms with van der Waals surface area (Å²) in [6, 6.07) is 16.5. The molecule has 0 atom stereocenters. The van der Waals surface area contributed by atoms with Gasteiger partial charge in [0, 0.05) is 6.42 Å². The number of aliphatic carboxylic acids is 1. The zero-order chi connectivity index (χ0) is 18.3. The van der Waals surface area contributed by atoms with Gasteiger partial charge in [-0.1, -0.05) is 70.9 Å². The fourth-order valence-corrected chi connectivity index (χ4v) is 2.79. The summed E-state index contributed by atoms with van der Waals surface area (Å²) in [6.07, 6.45) is 11.8. The topological polar surface area (TPSA) is 37.3 Å². The van der Waals surface area contributed by atoms with Gasteiger partial charge in [0.1, 0.15) is 0 Å². The van der Waals surface area contributed by atoms with Crippen LogP contribution < -0.4 is 51.4 Å². The van der Waals surface area contributed by atoms with Crippen LogP contribution in [0.2, 0.25) is 0 Å². The Balaban J connectivity index is 0.000000777. The average Bonchev–Trinajstić information content (AvgIpc) is 2.61. The van der Waals surface area contributed by atoms with Crippen LogP contribution in [0.1, 0.15) is 77.2 Å². The molecule has 3 heteroatoms. The fraction of sp³-hybridized carbons (Fsp3) is 0.522. The van der Waals surface area contributed by atoms with Crippen LogP contribution >= 0.6 is 0 Å². The van der Waals surface area contributed by atoms with Crippen molar-refractivity contribution in [2.75, 3.05) is 0 Å². The van der Waals surface area contributed by atoms with Crippen LogP contribution in [-0.2, 0) is 11.2 Å². The van der Waals surface area contributed by atoms with Gasteiger partial charge < -0.3 is 5.11 Å². The van der Waals surface area contributed by atoms with E-state index in [0.29, 0.717) is 6.42 Å². The smallest absolute Gasteiger partial charge is 0.481 e. The van der Waals surface area contributed by atoms with Crippen molar-refractivity contribution in [3.8, 4) is 0 Å². The zero-order valence-electron chi connectivity index (χ0n) is 16.9. The molecule has 0 aliphatic heterocycles. The van der Waals surface area contributed by atoms with E-state index in [-0.39, 0.29) is 51.4 Å². The molecule has 0 aromatic heterocycles. The minimum Gasteiger partial charge on any atom is -0.481 e. The van der Waals surface area contributed by atoms with E-state index in [4.69, 9.17) is 5.11 Å². The van der Waals surface area contributed by atoms with E-state index in [1.165, 1.54) is 67.7 Å². The molecule has 2 aromatic rings. The number of carboxylic acid groups (broad SMARTS) is 1. The molecule has 138 valence electrons. The number of aryl methyl sites for hydroxylation is 1. The molecular weight excluding hydrogens is 347 g/mol. The van der Waals surface area contributed by atoms with Gasteiger partial charge >= 0.3 is 57.4 Å². The predicted octanol–water partition coefficient (Wildman–Crippen LogP) is 3.81. The average molecular weight is 381 g/mol. The summed E-state index contributed by atoms with van der Waals surface area (Å²) in [6.45, 7) is 4.11. The Morgan fingerprint density at radius 1 is 0.885 bits per heavy atom. The van der Waals surface area contributed by atoms with Gasteiger partial charge in [0.2, 0.25) is 0 Å². The molecule has 0 saturated heterocycles. The molecule has 0 spiro atoms. The number of carbonyl (C=O) groups is 1. The van der Waals surface area contributed by atoms with Gasteiger partial charge in [-0.15, -0.1) is 46.7 Å². The summed E-state index contributed by atoms with van der Waals surface area (Å²) in [5.74, 6) is -0.711. The standard InChI is InChI=1S/C19H25.C4H8O2.K/c1-2-3-4-5-6-7-8-11-17-14-15-18-12-9-10-13-19(18)16-17;1-2-3-4(5)6;/h9-10,12-15H,2-8,11H2,1H3;2-3H2,1H3,(H,5,6);/q-1;;+1. The Hall–Kier alpha value is -0.194. The van der Waals surface area contributed by atoms with E-state index >= 15 is 0 Å². The molecule has 0 aliphatic carbocycles. The van der Waals surface area contributed by atoms with Crippen molar-refractivity contribution in [2.24, 2.45) is 0 Å². The normalized spacial score (nSPS) is 9.92. The number of hydrogen-bond donors (Lipinski definition) is 1. The molecule has 26 heavy (non-hydrogen) atoms. The molecule has 0 fully saturated rings. The summed E-state index contributed by atoms with van der Waals surface area (Å²) in [5.41, 5.74) is 1.37. The molecule has 0 heterocycles. The van der Waals surface area contributed by atoms with Crippen molar-refractivity contribution in [2.45, 2.75) is 78.1 Å². The van der Waals surface area contributed by atoms with E-state index in [1.807, 2.05) is 6.92 Å². The molecule has 1 N–H and O–H groups in total. The van der Waals surface area contributed by atoms with Gasteiger partial charge in [-0.05, 0) is 12.8 Å². The monoisotopic (exact) mass is 380 g/mol. The largest absolute Gasteiger partial charge is 1.00 e. The Kier molecular flexibility index (Phi) is 16.8. The summed E-state index contributed by atoms with van der Waals surface area (Å²) >= 11 is 0. The first-order chi connectivity index (χ1) is 12.2. The number of unbranched alkanes of at least 4 members (excludes halogenated alkanes) is 6. The van der Waals surface area contributed by atoms with Crippen LogP contribution in [0.5, 0.6) is 0 Å². The predicted molar refractivity (Wildman–Crippen MR) is 107 cm³/mol. The first kappa shape index (κ1) is 25.8. The Morgan fingerprint density at radius 3 is 2.15 bits per heavy atom. The first-order valence-corrected chi connectivity index (χ1v) is 9.79. The Labute approximate surface area is 202 Å². The Bertz CT molecular complexity index is 610. The molecular formula is C23H33KO2. The van der Waals surface area contributed by atoms with Crippen LogP contribution in [0.4, 0.5) is 0 Å². The summed E-state index contributed by atoms with van der Waals surface area (Å²) in [7, 11) is 0. The fourth-order valence-electron chi connectivity index (χ4n) is 2.79. The third kappa shape index (κ3) is 12.2. The second-order valence-electron chi connectivity index (χ2n) is 6.59. The number of carboxylic acids is 1. The zero-order valence-corrected chi connectivity index (χ0v) is 20.0. The van der Waals surface area contributed by atoms with Crippen molar-refractivity contribution >= 4 is 16.7 Å². The molecule has 0 radical (unpaired) electrons. The van der Waals surface area contributed by atoms with Gasteiger partial charge in [-0.25, -0.2) is 0 Å². The van der Waals surface area contributed by atoms with Gasteiger partial charge in [0.15, 0.2) is 0 Å². The summed E-state index contributed by atoms with van der Waals surface area (Å²) in [5, 5.41) is 10.5. The third-order valence-electron chi connectivity index (χ3n) is 4.23. The van der Waals surface area contributed by atoms with Gasteiger partial charge in [0.05, 0.1) is 0 Å². The van der Waals surface area contributed by atoms with Crippen LogP contribution in [0.15, 0.2) is 36.4 Å². The number of hydrogen-bond acceptors (Lipinski definition) is 1. The van der Waals surface area contributed by atoms with E-state index < -0.39 is 5.97 Å². The van der Waals surface area contributed by atoms with Crippen molar-refractivity contribution in [3.05, 3.63) is 48.0 Å². The second kappa shape index (κ2) is 16.9.